The molecule has 0 bridgehead atoms. The van der Waals surface area contributed by atoms with Crippen LogP contribution in [0.2, 0.25) is 18.1 Å². The molecule has 0 aliphatic carbocycles. The highest BCUT2D eigenvalue weighted by molar-refractivity contribution is 6.74. The molecule has 3 nitrogen and oxygen atoms in total. The maximum absolute atomic E-state index is 12.0. The number of carbonyl (C=O) groups excluding carboxylic acids is 1. The predicted octanol–water partition coefficient (Wildman–Crippen LogP) is 2.24. The molecule has 1 heterocycles. The lowest BCUT2D eigenvalue weighted by Crippen LogP contribution is -2.46. The first kappa shape index (κ1) is 14.3. The molecule has 0 aromatic rings. The molecule has 0 aromatic heterocycles. The van der Waals surface area contributed by atoms with Gasteiger partial charge in [-0.2, -0.15) is 0 Å². The monoisotopic (exact) mass is 253 g/mol. The summed E-state index contributed by atoms with van der Waals surface area (Å²) in [5, 5.41) is 0.132. The third-order valence-corrected chi connectivity index (χ3v) is 8.26. The first-order valence-corrected chi connectivity index (χ1v) is 9.00. The summed E-state index contributed by atoms with van der Waals surface area (Å²) in [6.45, 7) is 12.0. The van der Waals surface area contributed by atoms with Crippen molar-refractivity contribution >= 4 is 14.2 Å². The Bertz CT molecular complexity index is 338. The fourth-order valence-corrected chi connectivity index (χ4v) is 2.90. The van der Waals surface area contributed by atoms with E-state index in [9.17, 15) is 4.79 Å². The molecule has 1 aliphatic rings. The highest BCUT2D eigenvalue weighted by atomic mass is 28.4. The van der Waals surface area contributed by atoms with Crippen molar-refractivity contribution < 1.29 is 9.22 Å². The van der Waals surface area contributed by atoms with Crippen LogP contribution in [0.15, 0.2) is 0 Å². The van der Waals surface area contributed by atoms with Gasteiger partial charge in [-0.1, -0.05) is 26.7 Å². The number of nitrogens with zero attached hydrogens (tertiary/aromatic N) is 1. The van der Waals surface area contributed by atoms with Crippen molar-refractivity contribution in [3.05, 3.63) is 0 Å². The predicted molar refractivity (Wildman–Crippen MR) is 72.1 cm³/mol. The third-order valence-electron chi connectivity index (χ3n) is 3.77. The van der Waals surface area contributed by atoms with Gasteiger partial charge in [-0.25, -0.2) is 0 Å². The first-order chi connectivity index (χ1) is 7.69. The van der Waals surface area contributed by atoms with Crippen molar-refractivity contribution in [3.8, 4) is 12.3 Å². The molecule has 1 amide bonds. The number of rotatable bonds is 3. The molecule has 0 radical (unpaired) electrons. The zero-order chi connectivity index (χ0) is 13.3. The van der Waals surface area contributed by atoms with E-state index >= 15 is 0 Å². The molecule has 1 fully saturated rings. The summed E-state index contributed by atoms with van der Waals surface area (Å²) in [6.07, 6.45) is 5.73. The van der Waals surface area contributed by atoms with Crippen LogP contribution in [0, 0.1) is 12.3 Å². The number of amides is 1. The van der Waals surface area contributed by atoms with Crippen molar-refractivity contribution in [3.63, 3.8) is 0 Å². The van der Waals surface area contributed by atoms with Gasteiger partial charge in [0, 0.05) is 6.54 Å². The van der Waals surface area contributed by atoms with E-state index in [1.807, 2.05) is 0 Å². The lowest BCUT2D eigenvalue weighted by Gasteiger charge is -2.37. The molecule has 0 saturated carbocycles. The Balaban J connectivity index is 2.67. The molecule has 0 aromatic carbocycles. The Kier molecular flexibility index (Phi) is 4.05. The van der Waals surface area contributed by atoms with Gasteiger partial charge in [0.25, 0.3) is 5.91 Å². The van der Waals surface area contributed by atoms with Gasteiger partial charge in [0.1, 0.15) is 6.10 Å². The molecule has 1 unspecified atom stereocenters. The maximum atomic E-state index is 12.0. The van der Waals surface area contributed by atoms with E-state index in [1.54, 1.807) is 4.90 Å². The van der Waals surface area contributed by atoms with E-state index in [-0.39, 0.29) is 17.0 Å². The molecule has 1 atom stereocenters. The number of terminal acetylenes is 1. The van der Waals surface area contributed by atoms with Crippen molar-refractivity contribution in [1.29, 1.82) is 0 Å². The van der Waals surface area contributed by atoms with Gasteiger partial charge >= 0.3 is 0 Å². The second-order valence-electron chi connectivity index (χ2n) is 6.12. The van der Waals surface area contributed by atoms with Crippen LogP contribution in [0.4, 0.5) is 0 Å². The minimum atomic E-state index is -1.86. The van der Waals surface area contributed by atoms with Gasteiger partial charge in [-0.3, -0.25) is 4.79 Å². The summed E-state index contributed by atoms with van der Waals surface area (Å²) in [7, 11) is -1.86. The second kappa shape index (κ2) is 4.83. The Morgan fingerprint density at radius 1 is 1.53 bits per heavy atom. The van der Waals surface area contributed by atoms with Gasteiger partial charge in [0.2, 0.25) is 0 Å². The topological polar surface area (TPSA) is 29.5 Å². The molecular formula is C13H23NO2Si. The Hall–Kier alpha value is -0.793. The summed E-state index contributed by atoms with van der Waals surface area (Å²) in [5.41, 5.74) is 0. The SMILES string of the molecule is C#CCN1CCC(O[Si](C)(C)C(C)(C)C)C1=O. The number of carbonyl (C=O) groups is 1. The Labute approximate surface area is 106 Å². The lowest BCUT2D eigenvalue weighted by molar-refractivity contribution is -0.133. The van der Waals surface area contributed by atoms with Crippen LogP contribution in [0.5, 0.6) is 0 Å². The second-order valence-corrected chi connectivity index (χ2v) is 10.9. The lowest BCUT2D eigenvalue weighted by atomic mass is 10.2. The molecule has 96 valence electrons. The normalized spacial score (nSPS) is 21.8. The van der Waals surface area contributed by atoms with E-state index in [0.29, 0.717) is 6.54 Å². The number of likely N-dealkylation sites (tertiary alicyclic amines) is 1. The average molecular weight is 253 g/mol. The summed E-state index contributed by atoms with van der Waals surface area (Å²) < 4.78 is 6.13. The molecule has 0 N–H and O–H groups in total. The average Bonchev–Trinajstić information content (AvgIpc) is 2.48. The van der Waals surface area contributed by atoms with Gasteiger partial charge < -0.3 is 9.33 Å². The molecule has 17 heavy (non-hydrogen) atoms. The molecule has 1 saturated heterocycles. The minimum Gasteiger partial charge on any atom is -0.405 e. The largest absolute Gasteiger partial charge is 0.405 e. The van der Waals surface area contributed by atoms with E-state index in [1.165, 1.54) is 0 Å². The van der Waals surface area contributed by atoms with Crippen LogP contribution in [0.25, 0.3) is 0 Å². The summed E-state index contributed by atoms with van der Waals surface area (Å²) >= 11 is 0. The van der Waals surface area contributed by atoms with Crippen molar-refractivity contribution in [2.24, 2.45) is 0 Å². The zero-order valence-corrected chi connectivity index (χ0v) is 12.5. The Morgan fingerprint density at radius 2 is 2.12 bits per heavy atom. The van der Waals surface area contributed by atoms with Crippen LogP contribution in [-0.2, 0) is 9.22 Å². The highest BCUT2D eigenvalue weighted by Gasteiger charge is 2.43. The fourth-order valence-electron chi connectivity index (χ4n) is 1.62. The van der Waals surface area contributed by atoms with Crippen LogP contribution in [-0.4, -0.2) is 38.3 Å². The van der Waals surface area contributed by atoms with Crippen LogP contribution >= 0.6 is 0 Å². The van der Waals surface area contributed by atoms with Crippen LogP contribution in [0.3, 0.4) is 0 Å². The van der Waals surface area contributed by atoms with Gasteiger partial charge in [0.15, 0.2) is 8.32 Å². The fraction of sp³-hybridized carbons (Fsp3) is 0.769. The molecule has 1 aliphatic heterocycles. The molecular weight excluding hydrogens is 230 g/mol. The smallest absolute Gasteiger partial charge is 0.251 e. The summed E-state index contributed by atoms with van der Waals surface area (Å²) in [6, 6.07) is 0. The van der Waals surface area contributed by atoms with E-state index in [0.717, 1.165) is 13.0 Å². The van der Waals surface area contributed by atoms with Gasteiger partial charge in [-0.15, -0.1) is 6.42 Å². The quantitative estimate of drug-likeness (QED) is 0.570. The standard InChI is InChI=1S/C13H23NO2Si/c1-7-9-14-10-8-11(12(14)15)16-17(5,6)13(2,3)4/h1,11H,8-10H2,2-6H3. The third kappa shape index (κ3) is 3.11. The number of hydrogen-bond acceptors (Lipinski definition) is 2. The van der Waals surface area contributed by atoms with Crippen LogP contribution < -0.4 is 0 Å². The zero-order valence-electron chi connectivity index (χ0n) is 11.5. The van der Waals surface area contributed by atoms with E-state index < -0.39 is 8.32 Å². The van der Waals surface area contributed by atoms with E-state index in [4.69, 9.17) is 10.8 Å². The molecule has 1 rings (SSSR count). The highest BCUT2D eigenvalue weighted by Crippen LogP contribution is 2.38. The summed E-state index contributed by atoms with van der Waals surface area (Å²) in [5.74, 6) is 2.58. The Morgan fingerprint density at radius 3 is 2.59 bits per heavy atom. The summed E-state index contributed by atoms with van der Waals surface area (Å²) in [4.78, 5) is 13.7. The van der Waals surface area contributed by atoms with Crippen LogP contribution in [0.1, 0.15) is 27.2 Å². The van der Waals surface area contributed by atoms with Crippen molar-refractivity contribution in [2.75, 3.05) is 13.1 Å². The van der Waals surface area contributed by atoms with Crippen molar-refractivity contribution in [1.82, 2.24) is 4.90 Å². The number of hydrogen-bond donors (Lipinski definition) is 0. The van der Waals surface area contributed by atoms with Gasteiger partial charge in [0.05, 0.1) is 6.54 Å². The maximum Gasteiger partial charge on any atom is 0.251 e. The molecule has 4 heteroatoms. The van der Waals surface area contributed by atoms with Crippen molar-refractivity contribution in [2.45, 2.75) is 51.4 Å². The van der Waals surface area contributed by atoms with E-state index in [2.05, 4.69) is 39.8 Å². The van der Waals surface area contributed by atoms with Gasteiger partial charge in [-0.05, 0) is 24.6 Å². The first-order valence-electron chi connectivity index (χ1n) is 6.09. The molecule has 0 spiro atoms. The minimum absolute atomic E-state index is 0.0628.